The van der Waals surface area contributed by atoms with E-state index in [4.69, 9.17) is 20.4 Å². The third-order valence-electron chi connectivity index (χ3n) is 2.65. The van der Waals surface area contributed by atoms with Crippen LogP contribution in [0.15, 0.2) is 30.9 Å². The number of unbranched alkanes of at least 4 members (excludes halogenated alkanes) is 1. The van der Waals surface area contributed by atoms with Crippen LogP contribution in [-0.2, 0) is 6.54 Å². The molecule has 7 heteroatoms. The molecule has 0 radical (unpaired) electrons. The SMILES string of the molecule is CCCCn1ccnc1.O=C(O)c1cc(O)c(O)c(O)c1. The molecule has 0 aliphatic rings. The van der Waals surface area contributed by atoms with E-state index in [0.29, 0.717) is 0 Å². The van der Waals surface area contributed by atoms with Crippen molar-refractivity contribution in [3.8, 4) is 17.2 Å². The van der Waals surface area contributed by atoms with Crippen LogP contribution in [0.5, 0.6) is 17.2 Å². The number of hydrogen-bond donors (Lipinski definition) is 4. The molecule has 0 aliphatic heterocycles. The Bertz CT molecular complexity index is 558. The number of rotatable bonds is 4. The molecule has 114 valence electrons. The number of aromatic hydroxyl groups is 3. The van der Waals surface area contributed by atoms with Crippen molar-refractivity contribution in [2.24, 2.45) is 0 Å². The first-order valence-corrected chi connectivity index (χ1v) is 6.39. The van der Waals surface area contributed by atoms with Crippen LogP contribution in [-0.4, -0.2) is 35.9 Å². The molecular weight excluding hydrogens is 276 g/mol. The van der Waals surface area contributed by atoms with Gasteiger partial charge in [0.1, 0.15) is 0 Å². The van der Waals surface area contributed by atoms with Crippen molar-refractivity contribution in [3.63, 3.8) is 0 Å². The van der Waals surface area contributed by atoms with Gasteiger partial charge in [-0.05, 0) is 18.6 Å². The fourth-order valence-electron chi connectivity index (χ4n) is 1.49. The molecule has 2 aromatic rings. The highest BCUT2D eigenvalue weighted by Crippen LogP contribution is 2.35. The zero-order chi connectivity index (χ0) is 15.8. The number of carboxylic acid groups (broad SMARTS) is 1. The van der Waals surface area contributed by atoms with E-state index >= 15 is 0 Å². The number of hydrogen-bond acceptors (Lipinski definition) is 5. The van der Waals surface area contributed by atoms with Crippen molar-refractivity contribution in [2.75, 3.05) is 0 Å². The second kappa shape index (κ2) is 7.78. The average molecular weight is 294 g/mol. The maximum absolute atomic E-state index is 10.3. The first-order valence-electron chi connectivity index (χ1n) is 6.39. The van der Waals surface area contributed by atoms with Crippen molar-refractivity contribution < 1.29 is 25.2 Å². The molecule has 0 fully saturated rings. The number of nitrogens with zero attached hydrogens (tertiary/aromatic N) is 2. The van der Waals surface area contributed by atoms with E-state index in [1.165, 1.54) is 12.8 Å². The summed E-state index contributed by atoms with van der Waals surface area (Å²) in [4.78, 5) is 14.3. The zero-order valence-electron chi connectivity index (χ0n) is 11.6. The van der Waals surface area contributed by atoms with Gasteiger partial charge in [-0.15, -0.1) is 0 Å². The van der Waals surface area contributed by atoms with Gasteiger partial charge in [0.15, 0.2) is 17.2 Å². The molecule has 0 saturated carbocycles. The van der Waals surface area contributed by atoms with Crippen molar-refractivity contribution in [3.05, 3.63) is 36.4 Å². The van der Waals surface area contributed by atoms with Gasteiger partial charge in [-0.1, -0.05) is 13.3 Å². The van der Waals surface area contributed by atoms with Gasteiger partial charge in [-0.3, -0.25) is 0 Å². The largest absolute Gasteiger partial charge is 0.504 e. The molecule has 1 aromatic carbocycles. The topological polar surface area (TPSA) is 116 Å². The van der Waals surface area contributed by atoms with Crippen LogP contribution in [0.2, 0.25) is 0 Å². The fraction of sp³-hybridized carbons (Fsp3) is 0.286. The second-order valence-corrected chi connectivity index (χ2v) is 4.32. The summed E-state index contributed by atoms with van der Waals surface area (Å²) in [7, 11) is 0. The predicted molar refractivity (Wildman–Crippen MR) is 75.5 cm³/mol. The van der Waals surface area contributed by atoms with E-state index in [-0.39, 0.29) is 5.56 Å². The smallest absolute Gasteiger partial charge is 0.335 e. The van der Waals surface area contributed by atoms with Crippen molar-refractivity contribution >= 4 is 5.97 Å². The van der Waals surface area contributed by atoms with Gasteiger partial charge < -0.3 is 25.0 Å². The average Bonchev–Trinajstić information content (AvgIpc) is 2.95. The van der Waals surface area contributed by atoms with E-state index in [1.807, 2.05) is 18.7 Å². The summed E-state index contributed by atoms with van der Waals surface area (Å²) in [6, 6.07) is 1.69. The monoisotopic (exact) mass is 294 g/mol. The van der Waals surface area contributed by atoms with E-state index in [1.54, 1.807) is 0 Å². The second-order valence-electron chi connectivity index (χ2n) is 4.32. The third-order valence-corrected chi connectivity index (χ3v) is 2.65. The highest BCUT2D eigenvalue weighted by molar-refractivity contribution is 5.89. The molecule has 2 rings (SSSR count). The lowest BCUT2D eigenvalue weighted by molar-refractivity contribution is 0.0696. The Morgan fingerprint density at radius 2 is 1.86 bits per heavy atom. The molecule has 0 unspecified atom stereocenters. The molecule has 0 atom stereocenters. The third kappa shape index (κ3) is 5.06. The minimum absolute atomic E-state index is 0.289. The molecule has 0 spiro atoms. The number of benzene rings is 1. The molecule has 7 nitrogen and oxygen atoms in total. The van der Waals surface area contributed by atoms with Crippen molar-refractivity contribution in [1.29, 1.82) is 0 Å². The maximum Gasteiger partial charge on any atom is 0.335 e. The molecule has 0 bridgehead atoms. The number of imidazole rings is 1. The van der Waals surface area contributed by atoms with Gasteiger partial charge >= 0.3 is 5.97 Å². The number of aromatic carboxylic acids is 1. The van der Waals surface area contributed by atoms with Crippen molar-refractivity contribution in [1.82, 2.24) is 9.55 Å². The van der Waals surface area contributed by atoms with Crippen LogP contribution in [0.4, 0.5) is 0 Å². The van der Waals surface area contributed by atoms with Gasteiger partial charge in [-0.25, -0.2) is 9.78 Å². The molecule has 0 aliphatic carbocycles. The Labute approximate surface area is 121 Å². The summed E-state index contributed by atoms with van der Waals surface area (Å²) in [5.74, 6) is -3.33. The Morgan fingerprint density at radius 3 is 2.29 bits per heavy atom. The normalized spacial score (nSPS) is 9.76. The quantitative estimate of drug-likeness (QED) is 0.642. The number of carbonyl (C=O) groups is 1. The summed E-state index contributed by atoms with van der Waals surface area (Å²) < 4.78 is 2.10. The van der Waals surface area contributed by atoms with Crippen molar-refractivity contribution in [2.45, 2.75) is 26.3 Å². The zero-order valence-corrected chi connectivity index (χ0v) is 11.6. The van der Waals surface area contributed by atoms with Gasteiger partial charge in [-0.2, -0.15) is 0 Å². The minimum Gasteiger partial charge on any atom is -0.504 e. The molecule has 1 heterocycles. The molecule has 1 aromatic heterocycles. The lowest BCUT2D eigenvalue weighted by Gasteiger charge is -2.01. The molecular formula is C14H18N2O5. The first-order chi connectivity index (χ1) is 9.95. The lowest BCUT2D eigenvalue weighted by Crippen LogP contribution is -1.95. The summed E-state index contributed by atoms with van der Waals surface area (Å²) >= 11 is 0. The van der Waals surface area contributed by atoms with Crippen LogP contribution >= 0.6 is 0 Å². The van der Waals surface area contributed by atoms with Gasteiger partial charge in [0.05, 0.1) is 11.9 Å². The molecule has 4 N–H and O–H groups in total. The van der Waals surface area contributed by atoms with Crippen LogP contribution < -0.4 is 0 Å². The van der Waals surface area contributed by atoms with Crippen LogP contribution in [0.3, 0.4) is 0 Å². The van der Waals surface area contributed by atoms with Crippen LogP contribution in [0, 0.1) is 0 Å². The van der Waals surface area contributed by atoms with E-state index in [9.17, 15) is 4.79 Å². The van der Waals surface area contributed by atoms with Gasteiger partial charge in [0, 0.05) is 18.9 Å². The summed E-state index contributed by atoms with van der Waals surface area (Å²) in [6.07, 6.45) is 8.16. The number of phenolic OH excluding ortho intramolecular Hbond substituents is 3. The minimum atomic E-state index is -1.29. The van der Waals surface area contributed by atoms with Gasteiger partial charge in [0.25, 0.3) is 0 Å². The number of aromatic nitrogens is 2. The number of aryl methyl sites for hydroxylation is 1. The molecule has 21 heavy (non-hydrogen) atoms. The standard InChI is InChI=1S/C7H12N2.C7H6O5/c1-2-3-5-9-6-4-8-7-9;8-4-1-3(7(11)12)2-5(9)6(4)10/h4,6-7H,2-3,5H2,1H3;1-2,8-10H,(H,11,12). The Morgan fingerprint density at radius 1 is 1.24 bits per heavy atom. The lowest BCUT2D eigenvalue weighted by atomic mass is 10.2. The molecule has 0 saturated heterocycles. The Balaban J connectivity index is 0.000000219. The summed E-state index contributed by atoms with van der Waals surface area (Å²) in [6.45, 7) is 3.30. The summed E-state index contributed by atoms with van der Waals surface area (Å²) in [5, 5.41) is 35.0. The predicted octanol–water partition coefficient (Wildman–Crippen LogP) is 2.18. The van der Waals surface area contributed by atoms with Crippen LogP contribution in [0.25, 0.3) is 0 Å². The van der Waals surface area contributed by atoms with E-state index < -0.39 is 23.2 Å². The van der Waals surface area contributed by atoms with E-state index in [2.05, 4.69) is 16.5 Å². The molecule has 0 amide bonds. The Kier molecular flexibility index (Phi) is 6.06. The maximum atomic E-state index is 10.3. The summed E-state index contributed by atoms with van der Waals surface area (Å²) in [5.41, 5.74) is -0.289. The van der Waals surface area contributed by atoms with Crippen LogP contribution in [0.1, 0.15) is 30.1 Å². The highest BCUT2D eigenvalue weighted by atomic mass is 16.4. The first kappa shape index (κ1) is 16.4. The number of carboxylic acids is 1. The fourth-order valence-corrected chi connectivity index (χ4v) is 1.49. The highest BCUT2D eigenvalue weighted by Gasteiger charge is 2.11. The van der Waals surface area contributed by atoms with Gasteiger partial charge in [0.2, 0.25) is 0 Å². The Hall–Kier alpha value is -2.70. The number of phenols is 3. The van der Waals surface area contributed by atoms with E-state index in [0.717, 1.165) is 18.7 Å².